The maximum atomic E-state index is 13.7. The number of carbonyl (C=O) groups is 4. The van der Waals surface area contributed by atoms with E-state index in [0.717, 1.165) is 0 Å². The Hall–Kier alpha value is -4.77. The maximum Gasteiger partial charge on any atom is 0.411 e. The van der Waals surface area contributed by atoms with Crippen LogP contribution in [0.3, 0.4) is 0 Å². The molecule has 0 radical (unpaired) electrons. The number of fused-ring (bicyclic) bond motifs is 1. The van der Waals surface area contributed by atoms with Gasteiger partial charge in [-0.3, -0.25) is 14.5 Å². The minimum absolute atomic E-state index is 0.0222. The van der Waals surface area contributed by atoms with Crippen molar-refractivity contribution in [2.24, 2.45) is 5.92 Å². The summed E-state index contributed by atoms with van der Waals surface area (Å²) in [7, 11) is 1.49. The van der Waals surface area contributed by atoms with Crippen LogP contribution in [0.2, 0.25) is 0 Å². The standard InChI is InChI=1S/C30H35N5O8/c1-7-17-14-30(17,27(38)41-8-2)34-26(37)23-12-19(16-35(23)28(39)43-29(3,4)5)42-25-13-22(24(36)15-32-31)33-21-11-18(40-6)9-10-20(21)25/h7,9-11,13,15,17,19,23H,1,8,12,14,16H2,2-6H3,(H,34,37)/t17-,19-,23+,30-/m1/s1. The number of aromatic nitrogens is 1. The number of ether oxygens (including phenoxy) is 4. The molecule has 1 aliphatic carbocycles. The SMILES string of the molecule is C=C[C@@H]1C[C@]1(NC(=O)[C@@H]1C[C@@H](Oc2cc(C(=O)C=[N+]=[N-])nc3cc(OC)ccc23)CN1C(=O)OC(C)(C)C)C(=O)OCC. The zero-order chi connectivity index (χ0) is 31.5. The van der Waals surface area contributed by atoms with Crippen molar-refractivity contribution >= 4 is 40.9 Å². The first-order valence-corrected chi connectivity index (χ1v) is 13.8. The number of methoxy groups -OCH3 is 1. The molecule has 2 amide bonds. The van der Waals surface area contributed by atoms with Gasteiger partial charge in [0.25, 0.3) is 5.78 Å². The minimum Gasteiger partial charge on any atom is -0.497 e. The molecule has 4 atom stereocenters. The van der Waals surface area contributed by atoms with Crippen LogP contribution in [0.5, 0.6) is 11.5 Å². The van der Waals surface area contributed by atoms with E-state index < -0.39 is 47.0 Å². The number of hydrogen-bond donors (Lipinski definition) is 1. The van der Waals surface area contributed by atoms with Crippen LogP contribution in [0, 0.1) is 5.92 Å². The highest BCUT2D eigenvalue weighted by molar-refractivity contribution is 6.33. The Bertz CT molecular complexity index is 1510. The van der Waals surface area contributed by atoms with E-state index in [1.165, 1.54) is 18.1 Å². The van der Waals surface area contributed by atoms with Crippen molar-refractivity contribution in [3.63, 3.8) is 0 Å². The Morgan fingerprint density at radius 2 is 2.00 bits per heavy atom. The predicted octanol–water partition coefficient (Wildman–Crippen LogP) is 3.11. The van der Waals surface area contributed by atoms with Gasteiger partial charge < -0.3 is 29.8 Å². The topological polar surface area (TPSA) is 170 Å². The van der Waals surface area contributed by atoms with Crippen LogP contribution >= 0.6 is 0 Å². The second-order valence-electron chi connectivity index (χ2n) is 11.3. The Balaban J connectivity index is 1.66. The molecule has 0 unspecified atom stereocenters. The molecule has 1 aromatic carbocycles. The van der Waals surface area contributed by atoms with Gasteiger partial charge in [-0.2, -0.15) is 4.79 Å². The second kappa shape index (κ2) is 12.2. The average Bonchev–Trinajstić information content (AvgIpc) is 3.50. The molecule has 1 aliphatic heterocycles. The van der Waals surface area contributed by atoms with Crippen LogP contribution in [-0.4, -0.2) is 88.2 Å². The van der Waals surface area contributed by atoms with E-state index in [4.69, 9.17) is 24.5 Å². The number of benzene rings is 1. The van der Waals surface area contributed by atoms with Gasteiger partial charge in [0.05, 0.1) is 25.8 Å². The van der Waals surface area contributed by atoms with E-state index in [0.29, 0.717) is 29.3 Å². The number of hydrogen-bond acceptors (Lipinski definition) is 9. The number of rotatable bonds is 10. The lowest BCUT2D eigenvalue weighted by atomic mass is 10.1. The number of ketones is 1. The Morgan fingerprint density at radius 1 is 1.26 bits per heavy atom. The number of Topliss-reactive ketones (excluding diaryl/α,β-unsaturated/α-hetero) is 1. The number of likely N-dealkylation sites (tertiary alicyclic amines) is 1. The summed E-state index contributed by atoms with van der Waals surface area (Å²) >= 11 is 0. The molecule has 43 heavy (non-hydrogen) atoms. The van der Waals surface area contributed by atoms with Crippen molar-refractivity contribution in [2.45, 2.75) is 63.8 Å². The maximum absolute atomic E-state index is 13.7. The van der Waals surface area contributed by atoms with Crippen LogP contribution in [0.1, 0.15) is 51.0 Å². The third kappa shape index (κ3) is 6.67. The normalized spacial score (nSPS) is 22.6. The van der Waals surface area contributed by atoms with Crippen LogP contribution in [0.15, 0.2) is 36.9 Å². The van der Waals surface area contributed by atoms with Crippen LogP contribution in [-0.2, 0) is 19.1 Å². The zero-order valence-corrected chi connectivity index (χ0v) is 24.8. The van der Waals surface area contributed by atoms with Gasteiger partial charge >= 0.3 is 18.3 Å². The van der Waals surface area contributed by atoms with Crippen LogP contribution < -0.4 is 14.8 Å². The molecule has 1 saturated heterocycles. The number of esters is 1. The fourth-order valence-corrected chi connectivity index (χ4v) is 5.04. The number of nitrogens with one attached hydrogen (secondary N) is 1. The Kier molecular flexibility index (Phi) is 8.86. The summed E-state index contributed by atoms with van der Waals surface area (Å²) in [5.74, 6) is -1.35. The highest BCUT2D eigenvalue weighted by Crippen LogP contribution is 2.46. The molecule has 0 bridgehead atoms. The van der Waals surface area contributed by atoms with Crippen molar-refractivity contribution in [3.8, 4) is 11.5 Å². The largest absolute Gasteiger partial charge is 0.497 e. The summed E-state index contributed by atoms with van der Waals surface area (Å²) in [4.78, 5) is 60.6. The highest BCUT2D eigenvalue weighted by Gasteiger charge is 2.62. The molecule has 13 nitrogen and oxygen atoms in total. The summed E-state index contributed by atoms with van der Waals surface area (Å²) in [6, 6.07) is 5.40. The lowest BCUT2D eigenvalue weighted by molar-refractivity contribution is -0.149. The third-order valence-corrected chi connectivity index (χ3v) is 7.18. The molecule has 1 N–H and O–H groups in total. The number of amides is 2. The first kappa shape index (κ1) is 31.2. The van der Waals surface area contributed by atoms with E-state index in [9.17, 15) is 19.2 Å². The summed E-state index contributed by atoms with van der Waals surface area (Å²) < 4.78 is 22.4. The highest BCUT2D eigenvalue weighted by atomic mass is 16.6. The molecule has 2 heterocycles. The van der Waals surface area contributed by atoms with Gasteiger partial charge in [0.15, 0.2) is 0 Å². The fourth-order valence-electron chi connectivity index (χ4n) is 5.04. The van der Waals surface area contributed by atoms with Gasteiger partial charge in [-0.25, -0.2) is 14.6 Å². The van der Waals surface area contributed by atoms with E-state index in [2.05, 4.69) is 21.7 Å². The summed E-state index contributed by atoms with van der Waals surface area (Å²) in [6.07, 6.45) is 1.27. The summed E-state index contributed by atoms with van der Waals surface area (Å²) in [6.45, 7) is 10.7. The third-order valence-electron chi connectivity index (χ3n) is 7.18. The number of carbonyl (C=O) groups excluding carboxylic acids is 4. The van der Waals surface area contributed by atoms with Gasteiger partial charge in [-0.15, -0.1) is 6.58 Å². The van der Waals surface area contributed by atoms with Crippen molar-refractivity contribution in [1.82, 2.24) is 15.2 Å². The average molecular weight is 594 g/mol. The molecule has 1 saturated carbocycles. The first-order valence-electron chi connectivity index (χ1n) is 13.8. The first-order chi connectivity index (χ1) is 20.3. The Morgan fingerprint density at radius 3 is 2.60 bits per heavy atom. The molecule has 2 aromatic rings. The number of pyridine rings is 1. The van der Waals surface area contributed by atoms with Gasteiger partial charge in [-0.1, -0.05) is 6.08 Å². The number of nitrogens with zero attached hydrogens (tertiary/aromatic N) is 4. The monoisotopic (exact) mass is 593 g/mol. The minimum atomic E-state index is -1.25. The molecule has 13 heteroatoms. The van der Waals surface area contributed by atoms with Crippen LogP contribution in [0.4, 0.5) is 4.79 Å². The molecule has 1 aromatic heterocycles. The fraction of sp³-hybridized carbons (Fsp3) is 0.467. The van der Waals surface area contributed by atoms with E-state index in [1.54, 1.807) is 52.0 Å². The van der Waals surface area contributed by atoms with E-state index in [1.807, 2.05) is 0 Å². The van der Waals surface area contributed by atoms with Crippen molar-refractivity contribution in [1.29, 1.82) is 0 Å². The molecule has 4 rings (SSSR count). The van der Waals surface area contributed by atoms with E-state index >= 15 is 0 Å². The van der Waals surface area contributed by atoms with Gasteiger partial charge in [0.1, 0.15) is 40.5 Å². The summed E-state index contributed by atoms with van der Waals surface area (Å²) in [5.41, 5.74) is 7.10. The molecular weight excluding hydrogens is 558 g/mol. The lowest BCUT2D eigenvalue weighted by Gasteiger charge is -2.28. The van der Waals surface area contributed by atoms with Crippen molar-refractivity contribution in [3.05, 3.63) is 48.1 Å². The van der Waals surface area contributed by atoms with E-state index in [-0.39, 0.29) is 36.9 Å². The molecular formula is C30H35N5O8. The Labute approximate surface area is 248 Å². The quantitative estimate of drug-likeness (QED) is 0.109. The zero-order valence-electron chi connectivity index (χ0n) is 24.8. The van der Waals surface area contributed by atoms with Gasteiger partial charge in [-0.05, 0) is 46.2 Å². The second-order valence-corrected chi connectivity index (χ2v) is 11.3. The summed E-state index contributed by atoms with van der Waals surface area (Å²) in [5, 5.41) is 3.36. The molecule has 228 valence electrons. The predicted molar refractivity (Wildman–Crippen MR) is 154 cm³/mol. The molecule has 0 spiro atoms. The van der Waals surface area contributed by atoms with Crippen LogP contribution in [0.25, 0.3) is 16.4 Å². The smallest absolute Gasteiger partial charge is 0.411 e. The van der Waals surface area contributed by atoms with Crippen molar-refractivity contribution in [2.75, 3.05) is 20.3 Å². The lowest BCUT2D eigenvalue weighted by Crippen LogP contribution is -2.53. The van der Waals surface area contributed by atoms with Crippen molar-refractivity contribution < 1.29 is 42.9 Å². The van der Waals surface area contributed by atoms with Gasteiger partial charge in [0.2, 0.25) is 5.91 Å². The molecule has 2 fully saturated rings. The molecule has 2 aliphatic rings. The van der Waals surface area contributed by atoms with Gasteiger partial charge in [0, 0.05) is 29.9 Å².